The van der Waals surface area contributed by atoms with Crippen molar-refractivity contribution < 1.29 is 9.47 Å². The maximum Gasteiger partial charge on any atom is 0.0700 e. The van der Waals surface area contributed by atoms with Crippen molar-refractivity contribution in [3.8, 4) is 0 Å². The Bertz CT molecular complexity index is 263. The van der Waals surface area contributed by atoms with Gasteiger partial charge in [0, 0.05) is 30.0 Å². The minimum absolute atomic E-state index is 0.671. The minimum atomic E-state index is 0.671. The Morgan fingerprint density at radius 3 is 2.80 bits per heavy atom. The molecule has 15 heavy (non-hydrogen) atoms. The molecule has 0 amide bonds. The second-order valence-electron chi connectivity index (χ2n) is 3.29. The highest BCUT2D eigenvalue weighted by molar-refractivity contribution is 7.11. The van der Waals surface area contributed by atoms with E-state index in [-0.39, 0.29) is 0 Å². The van der Waals surface area contributed by atoms with E-state index in [0.29, 0.717) is 13.2 Å². The topological polar surface area (TPSA) is 30.5 Å². The summed E-state index contributed by atoms with van der Waals surface area (Å²) in [7, 11) is 1.68. The lowest BCUT2D eigenvalue weighted by Crippen LogP contribution is -2.19. The van der Waals surface area contributed by atoms with Gasteiger partial charge in [0.15, 0.2) is 0 Å². The molecule has 1 aromatic heterocycles. The fourth-order valence-corrected chi connectivity index (χ4v) is 2.04. The number of aryl methyl sites for hydroxylation is 1. The Morgan fingerprint density at radius 1 is 1.27 bits per heavy atom. The summed E-state index contributed by atoms with van der Waals surface area (Å²) in [6, 6.07) is 4.32. The van der Waals surface area contributed by atoms with E-state index in [2.05, 4.69) is 24.4 Å². The van der Waals surface area contributed by atoms with Gasteiger partial charge in [-0.15, -0.1) is 11.3 Å². The van der Waals surface area contributed by atoms with Crippen molar-refractivity contribution in [1.82, 2.24) is 5.32 Å². The third-order valence-electron chi connectivity index (χ3n) is 1.95. The Morgan fingerprint density at radius 2 is 2.13 bits per heavy atom. The number of hydrogen-bond acceptors (Lipinski definition) is 4. The molecule has 0 aliphatic carbocycles. The number of thiophene rings is 1. The fourth-order valence-electron chi connectivity index (χ4n) is 1.18. The third-order valence-corrected chi connectivity index (χ3v) is 2.95. The summed E-state index contributed by atoms with van der Waals surface area (Å²) in [4.78, 5) is 2.74. The second kappa shape index (κ2) is 7.82. The van der Waals surface area contributed by atoms with Crippen molar-refractivity contribution in [3.63, 3.8) is 0 Å². The summed E-state index contributed by atoms with van der Waals surface area (Å²) >= 11 is 1.84. The Hall–Kier alpha value is -0.420. The highest BCUT2D eigenvalue weighted by atomic mass is 32.1. The van der Waals surface area contributed by atoms with Crippen LogP contribution in [-0.2, 0) is 16.0 Å². The number of ether oxygens (including phenoxy) is 2. The number of nitrogens with one attached hydrogen (secondary N) is 1. The highest BCUT2D eigenvalue weighted by Crippen LogP contribution is 2.14. The second-order valence-corrected chi connectivity index (χ2v) is 4.67. The van der Waals surface area contributed by atoms with E-state index in [4.69, 9.17) is 9.47 Å². The van der Waals surface area contributed by atoms with Crippen LogP contribution in [0.25, 0.3) is 0 Å². The van der Waals surface area contributed by atoms with Gasteiger partial charge in [-0.05, 0) is 19.1 Å². The SMILES string of the molecule is COCCOCCNCc1ccc(C)s1. The van der Waals surface area contributed by atoms with Crippen LogP contribution in [0.15, 0.2) is 12.1 Å². The predicted octanol–water partition coefficient (Wildman–Crippen LogP) is 1.81. The van der Waals surface area contributed by atoms with Crippen LogP contribution in [0, 0.1) is 6.92 Å². The van der Waals surface area contributed by atoms with Crippen LogP contribution in [0.2, 0.25) is 0 Å². The van der Waals surface area contributed by atoms with Crippen LogP contribution >= 0.6 is 11.3 Å². The molecule has 0 spiro atoms. The van der Waals surface area contributed by atoms with E-state index in [1.54, 1.807) is 7.11 Å². The molecule has 1 N–H and O–H groups in total. The molecule has 4 heteroatoms. The normalized spacial score (nSPS) is 10.8. The van der Waals surface area contributed by atoms with Gasteiger partial charge in [-0.2, -0.15) is 0 Å². The first kappa shape index (κ1) is 12.6. The van der Waals surface area contributed by atoms with E-state index in [1.165, 1.54) is 9.75 Å². The average Bonchev–Trinajstić information content (AvgIpc) is 2.63. The predicted molar refractivity (Wildman–Crippen MR) is 63.5 cm³/mol. The Kier molecular flexibility index (Phi) is 6.59. The Balaban J connectivity index is 1.93. The van der Waals surface area contributed by atoms with Gasteiger partial charge in [0.05, 0.1) is 19.8 Å². The van der Waals surface area contributed by atoms with Gasteiger partial charge in [0.2, 0.25) is 0 Å². The molecule has 0 aromatic carbocycles. The molecule has 1 heterocycles. The van der Waals surface area contributed by atoms with Crippen molar-refractivity contribution in [3.05, 3.63) is 21.9 Å². The fraction of sp³-hybridized carbons (Fsp3) is 0.636. The molecule has 1 aromatic rings. The first-order chi connectivity index (χ1) is 7.33. The van der Waals surface area contributed by atoms with Crippen molar-refractivity contribution in [2.45, 2.75) is 13.5 Å². The van der Waals surface area contributed by atoms with E-state index >= 15 is 0 Å². The lowest BCUT2D eigenvalue weighted by molar-refractivity contribution is 0.0719. The zero-order chi connectivity index (χ0) is 10.9. The molecule has 0 aliphatic rings. The van der Waals surface area contributed by atoms with Gasteiger partial charge in [-0.25, -0.2) is 0 Å². The van der Waals surface area contributed by atoms with Gasteiger partial charge < -0.3 is 14.8 Å². The lowest BCUT2D eigenvalue weighted by Gasteiger charge is -2.04. The van der Waals surface area contributed by atoms with Crippen LogP contribution in [0.1, 0.15) is 9.75 Å². The molecule has 86 valence electrons. The summed E-state index contributed by atoms with van der Waals surface area (Å²) in [5.74, 6) is 0. The molecular formula is C11H19NO2S. The molecule has 0 aliphatic heterocycles. The number of rotatable bonds is 8. The molecule has 3 nitrogen and oxygen atoms in total. The summed E-state index contributed by atoms with van der Waals surface area (Å²) in [5.41, 5.74) is 0. The van der Waals surface area contributed by atoms with E-state index < -0.39 is 0 Å². The summed E-state index contributed by atoms with van der Waals surface area (Å²) in [5, 5.41) is 3.34. The van der Waals surface area contributed by atoms with Crippen LogP contribution in [0.3, 0.4) is 0 Å². The molecule has 0 bridgehead atoms. The van der Waals surface area contributed by atoms with Crippen LogP contribution in [0.5, 0.6) is 0 Å². The standard InChI is InChI=1S/C11H19NO2S/c1-10-3-4-11(15-10)9-12-5-6-14-8-7-13-2/h3-4,12H,5-9H2,1-2H3. The maximum atomic E-state index is 5.33. The molecule has 0 saturated heterocycles. The molecule has 0 saturated carbocycles. The van der Waals surface area contributed by atoms with Crippen LogP contribution < -0.4 is 5.32 Å². The number of methoxy groups -OCH3 is 1. The molecule has 0 fully saturated rings. The van der Waals surface area contributed by atoms with Crippen LogP contribution in [-0.4, -0.2) is 33.5 Å². The monoisotopic (exact) mass is 229 g/mol. The van der Waals surface area contributed by atoms with Gasteiger partial charge in [0.1, 0.15) is 0 Å². The van der Waals surface area contributed by atoms with Crippen molar-refractivity contribution >= 4 is 11.3 Å². The Labute approximate surface area is 95.4 Å². The van der Waals surface area contributed by atoms with E-state index in [0.717, 1.165) is 19.7 Å². The average molecular weight is 229 g/mol. The first-order valence-electron chi connectivity index (χ1n) is 5.15. The van der Waals surface area contributed by atoms with Gasteiger partial charge in [0.25, 0.3) is 0 Å². The summed E-state index contributed by atoms with van der Waals surface area (Å²) in [6.45, 7) is 6.04. The van der Waals surface area contributed by atoms with Gasteiger partial charge in [-0.1, -0.05) is 0 Å². The zero-order valence-corrected chi connectivity index (χ0v) is 10.2. The van der Waals surface area contributed by atoms with Gasteiger partial charge in [-0.3, -0.25) is 0 Å². The summed E-state index contributed by atoms with van der Waals surface area (Å²) in [6.07, 6.45) is 0. The van der Waals surface area contributed by atoms with Crippen molar-refractivity contribution in [2.24, 2.45) is 0 Å². The van der Waals surface area contributed by atoms with E-state index in [1.807, 2.05) is 11.3 Å². The largest absolute Gasteiger partial charge is 0.382 e. The lowest BCUT2D eigenvalue weighted by atomic mass is 10.4. The minimum Gasteiger partial charge on any atom is -0.382 e. The van der Waals surface area contributed by atoms with Crippen molar-refractivity contribution in [1.29, 1.82) is 0 Å². The van der Waals surface area contributed by atoms with Crippen LogP contribution in [0.4, 0.5) is 0 Å². The molecule has 0 atom stereocenters. The first-order valence-corrected chi connectivity index (χ1v) is 5.97. The third kappa shape index (κ3) is 5.89. The van der Waals surface area contributed by atoms with E-state index in [9.17, 15) is 0 Å². The smallest absolute Gasteiger partial charge is 0.0700 e. The van der Waals surface area contributed by atoms with Crippen molar-refractivity contribution in [2.75, 3.05) is 33.5 Å². The maximum absolute atomic E-state index is 5.33. The molecular weight excluding hydrogens is 210 g/mol. The molecule has 1 rings (SSSR count). The quantitative estimate of drug-likeness (QED) is 0.690. The molecule has 0 unspecified atom stereocenters. The highest BCUT2D eigenvalue weighted by Gasteiger charge is 1.95. The number of hydrogen-bond donors (Lipinski definition) is 1. The van der Waals surface area contributed by atoms with Gasteiger partial charge >= 0.3 is 0 Å². The zero-order valence-electron chi connectivity index (χ0n) is 9.41. The summed E-state index contributed by atoms with van der Waals surface area (Å²) < 4.78 is 10.2. The molecule has 0 radical (unpaired) electrons.